The van der Waals surface area contributed by atoms with Crippen LogP contribution in [0.15, 0.2) is 36.4 Å². The predicted octanol–water partition coefficient (Wildman–Crippen LogP) is 3.90. The third-order valence-electron chi connectivity index (χ3n) is 2.58. The number of aromatic carboxylic acids is 1. The fraction of sp³-hybridized carbons (Fsp3) is 0.0714. The van der Waals surface area contributed by atoms with Crippen LogP contribution in [-0.2, 0) is 6.61 Å². The van der Waals surface area contributed by atoms with Crippen LogP contribution >= 0.6 is 11.6 Å². The van der Waals surface area contributed by atoms with Gasteiger partial charge in [0, 0.05) is 11.6 Å². The topological polar surface area (TPSA) is 46.5 Å². The molecule has 1 N–H and O–H groups in total. The molecule has 3 nitrogen and oxygen atoms in total. The minimum atomic E-state index is -1.16. The first-order valence-corrected chi connectivity index (χ1v) is 5.95. The van der Waals surface area contributed by atoms with Crippen molar-refractivity contribution in [1.82, 2.24) is 0 Å². The summed E-state index contributed by atoms with van der Waals surface area (Å²) in [7, 11) is 0. The molecule has 0 radical (unpaired) electrons. The first kappa shape index (κ1) is 14.3. The van der Waals surface area contributed by atoms with E-state index in [0.29, 0.717) is 0 Å². The maximum absolute atomic E-state index is 13.5. The molecule has 0 aromatic heterocycles. The van der Waals surface area contributed by atoms with Crippen LogP contribution in [0.25, 0.3) is 0 Å². The van der Waals surface area contributed by atoms with Crippen molar-refractivity contribution < 1.29 is 23.4 Å². The third-order valence-corrected chi connectivity index (χ3v) is 2.88. The third kappa shape index (κ3) is 3.24. The van der Waals surface area contributed by atoms with Gasteiger partial charge in [-0.05, 0) is 30.3 Å². The van der Waals surface area contributed by atoms with Gasteiger partial charge < -0.3 is 9.84 Å². The summed E-state index contributed by atoms with van der Waals surface area (Å²) >= 11 is 5.52. The van der Waals surface area contributed by atoms with Crippen molar-refractivity contribution in [2.75, 3.05) is 0 Å². The average Bonchev–Trinajstić information content (AvgIpc) is 2.41. The fourth-order valence-corrected chi connectivity index (χ4v) is 1.66. The first-order chi connectivity index (χ1) is 9.47. The molecule has 0 aliphatic carbocycles. The molecule has 0 aliphatic rings. The summed E-state index contributed by atoms with van der Waals surface area (Å²) in [4.78, 5) is 10.8. The Morgan fingerprint density at radius 1 is 1.15 bits per heavy atom. The van der Waals surface area contributed by atoms with Crippen molar-refractivity contribution in [3.8, 4) is 5.75 Å². The van der Waals surface area contributed by atoms with Crippen molar-refractivity contribution in [3.05, 3.63) is 64.2 Å². The minimum Gasteiger partial charge on any atom is -0.489 e. The summed E-state index contributed by atoms with van der Waals surface area (Å²) < 4.78 is 31.9. The van der Waals surface area contributed by atoms with Gasteiger partial charge in [0.1, 0.15) is 24.0 Å². The number of carboxylic acids is 1. The maximum Gasteiger partial charge on any atom is 0.335 e. The highest BCUT2D eigenvalue weighted by Crippen LogP contribution is 2.22. The Morgan fingerprint density at radius 2 is 1.90 bits per heavy atom. The zero-order valence-corrected chi connectivity index (χ0v) is 10.8. The highest BCUT2D eigenvalue weighted by molar-refractivity contribution is 6.30. The van der Waals surface area contributed by atoms with E-state index in [0.717, 1.165) is 18.2 Å². The van der Waals surface area contributed by atoms with E-state index < -0.39 is 17.6 Å². The number of ether oxygens (including phenoxy) is 1. The number of halogens is 3. The second-order valence-corrected chi connectivity index (χ2v) is 4.38. The molecule has 20 heavy (non-hydrogen) atoms. The minimum absolute atomic E-state index is 0.0450. The summed E-state index contributed by atoms with van der Waals surface area (Å²) in [6.45, 7) is -0.214. The maximum atomic E-state index is 13.5. The highest BCUT2D eigenvalue weighted by Gasteiger charge is 2.09. The molecular weight excluding hydrogens is 290 g/mol. The van der Waals surface area contributed by atoms with E-state index in [1.165, 1.54) is 18.2 Å². The number of hydrogen-bond acceptors (Lipinski definition) is 2. The first-order valence-electron chi connectivity index (χ1n) is 5.57. The van der Waals surface area contributed by atoms with Crippen LogP contribution in [0, 0.1) is 11.6 Å². The molecule has 2 rings (SSSR count). The zero-order valence-electron chi connectivity index (χ0n) is 10.1. The van der Waals surface area contributed by atoms with Crippen LogP contribution in [0.1, 0.15) is 15.9 Å². The van der Waals surface area contributed by atoms with Gasteiger partial charge in [-0.15, -0.1) is 0 Å². The zero-order chi connectivity index (χ0) is 14.7. The lowest BCUT2D eigenvalue weighted by molar-refractivity contribution is 0.0696. The molecule has 0 saturated heterocycles. The molecule has 2 aromatic carbocycles. The van der Waals surface area contributed by atoms with Gasteiger partial charge in [0.15, 0.2) is 0 Å². The van der Waals surface area contributed by atoms with Crippen molar-refractivity contribution in [1.29, 1.82) is 0 Å². The molecule has 0 aliphatic heterocycles. The molecule has 6 heteroatoms. The average molecular weight is 299 g/mol. The van der Waals surface area contributed by atoms with Gasteiger partial charge in [0.05, 0.1) is 10.6 Å². The standard InChI is InChI=1S/C14H9ClF2O3/c15-11-3-2-10(6-13(11)17)20-7-9-5-8(14(18)19)1-4-12(9)16/h1-6H,7H2,(H,18,19). The Labute approximate surface area is 118 Å². The number of hydrogen-bond donors (Lipinski definition) is 1. The SMILES string of the molecule is O=C(O)c1ccc(F)c(COc2ccc(Cl)c(F)c2)c1. The molecule has 0 unspecified atom stereocenters. The van der Waals surface area contributed by atoms with E-state index in [4.69, 9.17) is 21.4 Å². The van der Waals surface area contributed by atoms with Gasteiger partial charge in [-0.3, -0.25) is 0 Å². The monoisotopic (exact) mass is 298 g/mol. The van der Waals surface area contributed by atoms with Crippen LogP contribution in [0.5, 0.6) is 5.75 Å². The molecular formula is C14H9ClF2O3. The van der Waals surface area contributed by atoms with E-state index in [9.17, 15) is 13.6 Å². The lowest BCUT2D eigenvalue weighted by atomic mass is 10.1. The van der Waals surface area contributed by atoms with Crippen molar-refractivity contribution in [2.24, 2.45) is 0 Å². The lowest BCUT2D eigenvalue weighted by Gasteiger charge is -2.08. The lowest BCUT2D eigenvalue weighted by Crippen LogP contribution is -2.03. The Morgan fingerprint density at radius 3 is 2.55 bits per heavy atom. The number of carbonyl (C=O) groups is 1. The van der Waals surface area contributed by atoms with Gasteiger partial charge in [-0.1, -0.05) is 11.6 Å². The summed E-state index contributed by atoms with van der Waals surface area (Å²) in [5.74, 6) is -2.23. The molecule has 0 spiro atoms. The Bertz CT molecular complexity index is 659. The molecule has 0 heterocycles. The smallest absolute Gasteiger partial charge is 0.335 e. The summed E-state index contributed by atoms with van der Waals surface area (Å²) in [6.07, 6.45) is 0. The van der Waals surface area contributed by atoms with E-state index in [2.05, 4.69) is 0 Å². The largest absolute Gasteiger partial charge is 0.489 e. The summed E-state index contributed by atoms with van der Waals surface area (Å²) in [6, 6.07) is 7.19. The second-order valence-electron chi connectivity index (χ2n) is 3.98. The number of carboxylic acid groups (broad SMARTS) is 1. The molecule has 0 saturated carbocycles. The number of rotatable bonds is 4. The van der Waals surface area contributed by atoms with Crippen molar-refractivity contribution in [2.45, 2.75) is 6.61 Å². The summed E-state index contributed by atoms with van der Waals surface area (Å²) in [5.41, 5.74) is 0.0209. The van der Waals surface area contributed by atoms with E-state index in [1.54, 1.807) is 0 Å². The van der Waals surface area contributed by atoms with E-state index in [1.807, 2.05) is 0 Å². The Balaban J connectivity index is 2.15. The molecule has 0 atom stereocenters. The van der Waals surface area contributed by atoms with E-state index in [-0.39, 0.29) is 28.5 Å². The normalized spacial score (nSPS) is 10.3. The van der Waals surface area contributed by atoms with Gasteiger partial charge in [0.25, 0.3) is 0 Å². The van der Waals surface area contributed by atoms with E-state index >= 15 is 0 Å². The Kier molecular flexibility index (Phi) is 4.20. The van der Waals surface area contributed by atoms with Crippen LogP contribution in [0.3, 0.4) is 0 Å². The highest BCUT2D eigenvalue weighted by atomic mass is 35.5. The molecule has 0 amide bonds. The summed E-state index contributed by atoms with van der Waals surface area (Å²) in [5, 5.41) is 8.78. The Hall–Kier alpha value is -2.14. The van der Waals surface area contributed by atoms with Crippen molar-refractivity contribution in [3.63, 3.8) is 0 Å². The molecule has 104 valence electrons. The van der Waals surface area contributed by atoms with Crippen LogP contribution < -0.4 is 4.74 Å². The van der Waals surface area contributed by atoms with Gasteiger partial charge in [0.2, 0.25) is 0 Å². The quantitative estimate of drug-likeness (QED) is 0.931. The predicted molar refractivity (Wildman–Crippen MR) is 69.1 cm³/mol. The second kappa shape index (κ2) is 5.88. The number of benzene rings is 2. The van der Waals surface area contributed by atoms with Crippen LogP contribution in [-0.4, -0.2) is 11.1 Å². The van der Waals surface area contributed by atoms with Gasteiger partial charge in [-0.2, -0.15) is 0 Å². The van der Waals surface area contributed by atoms with Gasteiger partial charge in [-0.25, -0.2) is 13.6 Å². The molecule has 0 fully saturated rings. The van der Waals surface area contributed by atoms with Crippen LogP contribution in [0.4, 0.5) is 8.78 Å². The van der Waals surface area contributed by atoms with Gasteiger partial charge >= 0.3 is 5.97 Å². The fourth-order valence-electron chi connectivity index (χ4n) is 1.55. The molecule has 2 aromatic rings. The van der Waals surface area contributed by atoms with Crippen LogP contribution in [0.2, 0.25) is 5.02 Å². The molecule has 0 bridgehead atoms. The van der Waals surface area contributed by atoms with Crippen molar-refractivity contribution >= 4 is 17.6 Å².